The van der Waals surface area contributed by atoms with Crippen molar-refractivity contribution in [3.63, 3.8) is 0 Å². The smallest absolute Gasteiger partial charge is 0.335 e. The Morgan fingerprint density at radius 2 is 2.15 bits per heavy atom. The number of carboxylic acids is 1. The number of hydrogen-bond acceptors (Lipinski definition) is 2. The molecule has 1 aromatic rings. The van der Waals surface area contributed by atoms with E-state index in [9.17, 15) is 4.79 Å². The molecule has 1 aromatic carbocycles. The third-order valence-corrected chi connectivity index (χ3v) is 4.37. The highest BCUT2D eigenvalue weighted by atomic mass is 16.4. The first-order valence-corrected chi connectivity index (χ1v) is 7.51. The highest BCUT2D eigenvalue weighted by molar-refractivity contribution is 5.88. The van der Waals surface area contributed by atoms with E-state index in [0.717, 1.165) is 19.4 Å². The molecule has 0 saturated carbocycles. The zero-order valence-corrected chi connectivity index (χ0v) is 12.9. The Balaban J connectivity index is 2.45. The van der Waals surface area contributed by atoms with Crippen LogP contribution in [0.25, 0.3) is 0 Å². The minimum Gasteiger partial charge on any atom is -0.478 e. The van der Waals surface area contributed by atoms with Crippen molar-refractivity contribution < 1.29 is 9.90 Å². The van der Waals surface area contributed by atoms with Gasteiger partial charge in [-0.1, -0.05) is 20.3 Å². The van der Waals surface area contributed by atoms with Crippen molar-refractivity contribution in [2.75, 3.05) is 11.4 Å². The molecule has 0 aliphatic carbocycles. The Kier molecular flexibility index (Phi) is 4.07. The summed E-state index contributed by atoms with van der Waals surface area (Å²) in [5, 5.41) is 9.17. The van der Waals surface area contributed by atoms with E-state index in [1.807, 2.05) is 12.1 Å². The number of hydrogen-bond donors (Lipinski definition) is 1. The molecule has 1 N–H and O–H groups in total. The van der Waals surface area contributed by atoms with Crippen molar-refractivity contribution in [2.24, 2.45) is 0 Å². The highest BCUT2D eigenvalue weighted by Crippen LogP contribution is 2.43. The number of rotatable bonds is 4. The molecule has 110 valence electrons. The number of carboxylic acid groups (broad SMARTS) is 1. The molecule has 0 radical (unpaired) electrons. The highest BCUT2D eigenvalue weighted by Gasteiger charge is 2.36. The largest absolute Gasteiger partial charge is 0.478 e. The molecule has 20 heavy (non-hydrogen) atoms. The van der Waals surface area contributed by atoms with E-state index < -0.39 is 5.97 Å². The molecule has 2 rings (SSSR count). The fourth-order valence-corrected chi connectivity index (χ4v) is 3.36. The number of carbonyl (C=O) groups is 1. The lowest BCUT2D eigenvalue weighted by molar-refractivity contribution is 0.0696. The van der Waals surface area contributed by atoms with Crippen molar-refractivity contribution in [3.05, 3.63) is 29.3 Å². The van der Waals surface area contributed by atoms with Crippen LogP contribution in [-0.2, 0) is 0 Å². The van der Waals surface area contributed by atoms with Crippen LogP contribution in [0, 0.1) is 0 Å². The molecule has 1 atom stereocenters. The van der Waals surface area contributed by atoms with Gasteiger partial charge < -0.3 is 10.0 Å². The first kappa shape index (κ1) is 14.9. The summed E-state index contributed by atoms with van der Waals surface area (Å²) in [6, 6.07) is 5.58. The molecule has 0 fully saturated rings. The number of nitrogens with zero attached hydrogens (tertiary/aromatic N) is 1. The number of benzene rings is 1. The molecule has 0 aromatic heterocycles. The van der Waals surface area contributed by atoms with Crippen LogP contribution in [0.1, 0.15) is 68.8 Å². The lowest BCUT2D eigenvalue weighted by atomic mass is 9.79. The van der Waals surface area contributed by atoms with E-state index in [1.54, 1.807) is 6.07 Å². The molecule has 1 heterocycles. The molecule has 0 bridgehead atoms. The lowest BCUT2D eigenvalue weighted by Crippen LogP contribution is -2.48. The third-order valence-electron chi connectivity index (χ3n) is 4.37. The van der Waals surface area contributed by atoms with Gasteiger partial charge in [0.15, 0.2) is 0 Å². The summed E-state index contributed by atoms with van der Waals surface area (Å²) in [6.07, 6.45) is 3.40. The summed E-state index contributed by atoms with van der Waals surface area (Å²) in [5.41, 5.74) is 2.92. The van der Waals surface area contributed by atoms with Gasteiger partial charge in [-0.3, -0.25) is 0 Å². The summed E-state index contributed by atoms with van der Waals surface area (Å²) in [7, 11) is 0. The zero-order valence-electron chi connectivity index (χ0n) is 12.9. The number of unbranched alkanes of at least 4 members (excludes halogenated alkanes) is 1. The van der Waals surface area contributed by atoms with Crippen LogP contribution in [0.5, 0.6) is 0 Å². The quantitative estimate of drug-likeness (QED) is 0.891. The second kappa shape index (κ2) is 5.47. The van der Waals surface area contributed by atoms with E-state index in [2.05, 4.69) is 32.6 Å². The van der Waals surface area contributed by atoms with Crippen LogP contribution in [-0.4, -0.2) is 23.2 Å². The molecule has 3 nitrogen and oxygen atoms in total. The fraction of sp³-hybridized carbons (Fsp3) is 0.588. The minimum atomic E-state index is -0.843. The number of aromatic carboxylic acids is 1. The molecule has 3 heteroatoms. The van der Waals surface area contributed by atoms with Crippen molar-refractivity contribution in [1.29, 1.82) is 0 Å². The molecular weight excluding hydrogens is 250 g/mol. The lowest BCUT2D eigenvalue weighted by Gasteiger charge is -2.47. The minimum absolute atomic E-state index is 0.131. The Bertz CT molecular complexity index is 508. The summed E-state index contributed by atoms with van der Waals surface area (Å²) < 4.78 is 0. The zero-order chi connectivity index (χ0) is 14.9. The Morgan fingerprint density at radius 1 is 1.45 bits per heavy atom. The van der Waals surface area contributed by atoms with Gasteiger partial charge in [0.25, 0.3) is 0 Å². The average Bonchev–Trinajstić information content (AvgIpc) is 2.37. The second-order valence-electron chi connectivity index (χ2n) is 6.50. The Hall–Kier alpha value is -1.51. The predicted octanol–water partition coefficient (Wildman–Crippen LogP) is 4.28. The van der Waals surface area contributed by atoms with Gasteiger partial charge in [0.1, 0.15) is 0 Å². The average molecular weight is 275 g/mol. The van der Waals surface area contributed by atoms with Crippen molar-refractivity contribution in [1.82, 2.24) is 0 Å². The van der Waals surface area contributed by atoms with Gasteiger partial charge >= 0.3 is 5.97 Å². The predicted molar refractivity (Wildman–Crippen MR) is 82.8 cm³/mol. The van der Waals surface area contributed by atoms with Gasteiger partial charge in [0.05, 0.1) is 5.56 Å². The molecule has 1 aliphatic heterocycles. The van der Waals surface area contributed by atoms with E-state index in [4.69, 9.17) is 5.11 Å². The van der Waals surface area contributed by atoms with Crippen molar-refractivity contribution in [2.45, 2.75) is 58.4 Å². The summed E-state index contributed by atoms with van der Waals surface area (Å²) in [6.45, 7) is 10.0. The van der Waals surface area contributed by atoms with E-state index in [0.29, 0.717) is 11.5 Å². The van der Waals surface area contributed by atoms with Gasteiger partial charge in [0, 0.05) is 17.8 Å². The second-order valence-corrected chi connectivity index (χ2v) is 6.50. The number of fused-ring (bicyclic) bond motifs is 1. The Morgan fingerprint density at radius 3 is 2.75 bits per heavy atom. The van der Waals surface area contributed by atoms with E-state index >= 15 is 0 Å². The monoisotopic (exact) mass is 275 g/mol. The summed E-state index contributed by atoms with van der Waals surface area (Å²) >= 11 is 0. The third kappa shape index (κ3) is 2.67. The molecule has 0 amide bonds. The summed E-state index contributed by atoms with van der Waals surface area (Å²) in [5.74, 6) is -0.442. The maximum absolute atomic E-state index is 11.2. The van der Waals surface area contributed by atoms with Gasteiger partial charge in [-0.2, -0.15) is 0 Å². The van der Waals surface area contributed by atoms with Crippen LogP contribution in [0.3, 0.4) is 0 Å². The fourth-order valence-electron chi connectivity index (χ4n) is 3.36. The maximum atomic E-state index is 11.2. The molecular formula is C17H25NO2. The number of anilines is 1. The van der Waals surface area contributed by atoms with Crippen LogP contribution < -0.4 is 4.90 Å². The Labute approximate surface area is 121 Å². The van der Waals surface area contributed by atoms with E-state index in [-0.39, 0.29) is 5.54 Å². The van der Waals surface area contributed by atoms with Crippen LogP contribution in [0.15, 0.2) is 18.2 Å². The van der Waals surface area contributed by atoms with Gasteiger partial charge in [-0.05, 0) is 56.4 Å². The maximum Gasteiger partial charge on any atom is 0.335 e. The molecule has 0 unspecified atom stereocenters. The first-order valence-electron chi connectivity index (χ1n) is 7.51. The normalized spacial score (nSPS) is 20.6. The van der Waals surface area contributed by atoms with Crippen molar-refractivity contribution >= 4 is 11.7 Å². The van der Waals surface area contributed by atoms with Gasteiger partial charge in [-0.25, -0.2) is 4.79 Å². The van der Waals surface area contributed by atoms with E-state index in [1.165, 1.54) is 17.7 Å². The van der Waals surface area contributed by atoms with Crippen LogP contribution >= 0.6 is 0 Å². The van der Waals surface area contributed by atoms with Crippen molar-refractivity contribution in [3.8, 4) is 0 Å². The first-order chi connectivity index (χ1) is 9.36. The SMILES string of the molecule is CCCCN1c2ccc(C(=O)O)cc2[C@@H](C)CC1(C)C. The standard InChI is InChI=1S/C17H25NO2/c1-5-6-9-18-15-8-7-13(16(19)20)10-14(15)12(2)11-17(18,3)4/h7-8,10,12H,5-6,9,11H2,1-4H3,(H,19,20)/t12-/m0/s1. The topological polar surface area (TPSA) is 40.5 Å². The summed E-state index contributed by atoms with van der Waals surface area (Å²) in [4.78, 5) is 13.6. The van der Waals surface area contributed by atoms with Gasteiger partial charge in [0.2, 0.25) is 0 Å². The van der Waals surface area contributed by atoms with Crippen LogP contribution in [0.2, 0.25) is 0 Å². The molecule has 1 aliphatic rings. The molecule has 0 saturated heterocycles. The molecule has 0 spiro atoms. The van der Waals surface area contributed by atoms with Gasteiger partial charge in [-0.15, -0.1) is 0 Å². The van der Waals surface area contributed by atoms with Crippen LogP contribution in [0.4, 0.5) is 5.69 Å².